The summed E-state index contributed by atoms with van der Waals surface area (Å²) in [5.41, 5.74) is 5.08. The van der Waals surface area contributed by atoms with Crippen LogP contribution in [0.1, 0.15) is 25.0 Å². The lowest BCUT2D eigenvalue weighted by molar-refractivity contribution is -0.119. The molecule has 0 aliphatic carbocycles. The predicted octanol–water partition coefficient (Wildman–Crippen LogP) is 4.40. The van der Waals surface area contributed by atoms with Gasteiger partial charge in [-0.1, -0.05) is 42.5 Å². The van der Waals surface area contributed by atoms with Crippen molar-refractivity contribution in [3.8, 4) is 11.1 Å². The van der Waals surface area contributed by atoms with E-state index < -0.39 is 9.84 Å². The van der Waals surface area contributed by atoms with Crippen molar-refractivity contribution in [1.29, 1.82) is 0 Å². The number of hydrogen-bond acceptors (Lipinski definition) is 4. The lowest BCUT2D eigenvalue weighted by atomic mass is 9.99. The molecule has 0 bridgehead atoms. The third-order valence-corrected chi connectivity index (χ3v) is 7.40. The Labute approximate surface area is 200 Å². The van der Waals surface area contributed by atoms with Crippen LogP contribution in [0.4, 0.5) is 11.4 Å². The summed E-state index contributed by atoms with van der Waals surface area (Å²) in [7, 11) is -3.29. The van der Waals surface area contributed by atoms with Crippen molar-refractivity contribution in [3.63, 3.8) is 0 Å². The number of anilines is 2. The van der Waals surface area contributed by atoms with Gasteiger partial charge >= 0.3 is 0 Å². The van der Waals surface area contributed by atoms with Gasteiger partial charge in [0.25, 0.3) is 0 Å². The van der Waals surface area contributed by atoms with Crippen LogP contribution in [0.15, 0.2) is 71.6 Å². The third kappa shape index (κ3) is 4.61. The fourth-order valence-electron chi connectivity index (χ4n) is 4.48. The van der Waals surface area contributed by atoms with Crippen molar-refractivity contribution in [2.75, 3.05) is 22.6 Å². The molecule has 0 N–H and O–H groups in total. The molecule has 1 heterocycles. The van der Waals surface area contributed by atoms with Crippen molar-refractivity contribution >= 4 is 33.0 Å². The smallest absolute Gasteiger partial charge is 0.231 e. The van der Waals surface area contributed by atoms with Crippen molar-refractivity contribution in [1.82, 2.24) is 0 Å². The van der Waals surface area contributed by atoms with Crippen LogP contribution in [0.5, 0.6) is 0 Å². The molecule has 0 unspecified atom stereocenters. The number of nitrogens with zero attached hydrogens (tertiary/aromatic N) is 2. The van der Waals surface area contributed by atoms with Crippen molar-refractivity contribution in [2.45, 2.75) is 38.1 Å². The number of hydrogen-bond donors (Lipinski definition) is 0. The van der Waals surface area contributed by atoms with E-state index in [1.807, 2.05) is 56.3 Å². The van der Waals surface area contributed by atoms with E-state index in [1.165, 1.54) is 13.2 Å². The van der Waals surface area contributed by atoms with Gasteiger partial charge in [-0.05, 0) is 60.4 Å². The number of amides is 2. The van der Waals surface area contributed by atoms with Gasteiger partial charge in [0, 0.05) is 19.7 Å². The maximum Gasteiger partial charge on any atom is 0.231 e. The number of carbonyl (C=O) groups is 2. The Morgan fingerprint density at radius 1 is 0.941 bits per heavy atom. The molecule has 0 spiro atoms. The summed E-state index contributed by atoms with van der Waals surface area (Å²) in [6.07, 6.45) is 1.45. The van der Waals surface area contributed by atoms with Gasteiger partial charge in [0.05, 0.1) is 28.7 Å². The van der Waals surface area contributed by atoms with Crippen LogP contribution in [0.3, 0.4) is 0 Å². The zero-order valence-corrected chi connectivity index (χ0v) is 20.6. The van der Waals surface area contributed by atoms with Crippen LogP contribution in [0.2, 0.25) is 0 Å². The number of sulfone groups is 1. The summed E-state index contributed by atoms with van der Waals surface area (Å²) in [4.78, 5) is 29.6. The third-order valence-electron chi connectivity index (χ3n) is 6.27. The zero-order valence-electron chi connectivity index (χ0n) is 19.8. The van der Waals surface area contributed by atoms with Crippen LogP contribution < -0.4 is 9.80 Å². The SMILES string of the molecule is CC(=O)N1c2ccc(-c3ccc(S(C)(=O)=O)cc3)cc2N(C(=O)Cc2ccccc2C)C[C@@H]1C. The highest BCUT2D eigenvalue weighted by Crippen LogP contribution is 2.39. The molecular formula is C27H28N2O4S. The molecule has 34 heavy (non-hydrogen) atoms. The molecule has 7 heteroatoms. The molecule has 2 amide bonds. The molecule has 0 fully saturated rings. The summed E-state index contributed by atoms with van der Waals surface area (Å²) in [6, 6.07) is 20.0. The fraction of sp³-hybridized carbons (Fsp3) is 0.259. The Bertz CT molecular complexity index is 1360. The second-order valence-electron chi connectivity index (χ2n) is 8.85. The molecule has 1 aliphatic heterocycles. The van der Waals surface area contributed by atoms with Crippen LogP contribution in [0, 0.1) is 6.92 Å². The predicted molar refractivity (Wildman–Crippen MR) is 135 cm³/mol. The van der Waals surface area contributed by atoms with Gasteiger partial charge in [-0.25, -0.2) is 8.42 Å². The van der Waals surface area contributed by atoms with E-state index in [0.717, 1.165) is 22.3 Å². The minimum Gasteiger partial charge on any atom is -0.308 e. The molecule has 176 valence electrons. The molecule has 4 rings (SSSR count). The van der Waals surface area contributed by atoms with E-state index in [4.69, 9.17) is 0 Å². The van der Waals surface area contributed by atoms with Crippen molar-refractivity contribution < 1.29 is 18.0 Å². The first-order valence-corrected chi connectivity index (χ1v) is 13.0. The summed E-state index contributed by atoms with van der Waals surface area (Å²) in [5.74, 6) is -0.111. The number of aryl methyl sites for hydroxylation is 1. The Balaban J connectivity index is 1.76. The van der Waals surface area contributed by atoms with E-state index in [0.29, 0.717) is 17.9 Å². The molecule has 0 radical (unpaired) electrons. The molecule has 0 saturated carbocycles. The molecule has 3 aromatic rings. The maximum absolute atomic E-state index is 13.5. The Morgan fingerprint density at radius 3 is 2.21 bits per heavy atom. The normalized spacial score (nSPS) is 15.7. The Hall–Kier alpha value is -3.45. The van der Waals surface area contributed by atoms with Gasteiger partial charge < -0.3 is 9.80 Å². The highest BCUT2D eigenvalue weighted by atomic mass is 32.2. The maximum atomic E-state index is 13.5. The number of rotatable bonds is 4. The molecule has 1 aliphatic rings. The van der Waals surface area contributed by atoms with Gasteiger partial charge in [0.1, 0.15) is 0 Å². The largest absolute Gasteiger partial charge is 0.308 e. The number of carbonyl (C=O) groups excluding carboxylic acids is 2. The zero-order chi connectivity index (χ0) is 24.6. The second-order valence-corrected chi connectivity index (χ2v) is 10.9. The van der Waals surface area contributed by atoms with Gasteiger partial charge in [-0.3, -0.25) is 9.59 Å². The minimum atomic E-state index is -3.29. The molecular weight excluding hydrogens is 448 g/mol. The highest BCUT2D eigenvalue weighted by molar-refractivity contribution is 7.90. The fourth-order valence-corrected chi connectivity index (χ4v) is 5.11. The van der Waals surface area contributed by atoms with Crippen LogP contribution >= 0.6 is 0 Å². The first-order valence-electron chi connectivity index (χ1n) is 11.2. The van der Waals surface area contributed by atoms with E-state index in [-0.39, 0.29) is 29.2 Å². The molecule has 0 aromatic heterocycles. The van der Waals surface area contributed by atoms with Crippen LogP contribution in [0.25, 0.3) is 11.1 Å². The van der Waals surface area contributed by atoms with Crippen molar-refractivity contribution in [3.05, 3.63) is 77.9 Å². The first-order chi connectivity index (χ1) is 16.1. The lowest BCUT2D eigenvalue weighted by Crippen LogP contribution is -2.51. The van der Waals surface area contributed by atoms with E-state index in [1.54, 1.807) is 34.1 Å². The average Bonchev–Trinajstić information content (AvgIpc) is 2.79. The number of fused-ring (bicyclic) bond motifs is 1. The standard InChI is InChI=1S/C27H28N2O4S/c1-18-7-5-6-8-22(18)16-27(31)28-17-19(2)29(20(3)30)25-14-11-23(15-26(25)28)21-9-12-24(13-10-21)34(4,32)33/h5-15,19H,16-17H2,1-4H3/t19-/m0/s1. The van der Waals surface area contributed by atoms with E-state index in [9.17, 15) is 18.0 Å². The molecule has 3 aromatic carbocycles. The summed E-state index contributed by atoms with van der Waals surface area (Å²) >= 11 is 0. The lowest BCUT2D eigenvalue weighted by Gasteiger charge is -2.41. The monoisotopic (exact) mass is 476 g/mol. The van der Waals surface area contributed by atoms with E-state index in [2.05, 4.69) is 0 Å². The van der Waals surface area contributed by atoms with Crippen LogP contribution in [-0.2, 0) is 25.8 Å². The number of benzene rings is 3. The van der Waals surface area contributed by atoms with E-state index >= 15 is 0 Å². The quantitative estimate of drug-likeness (QED) is 0.560. The molecule has 0 saturated heterocycles. The summed E-state index contributed by atoms with van der Waals surface area (Å²) in [5, 5.41) is 0. The van der Waals surface area contributed by atoms with Crippen LogP contribution in [-0.4, -0.2) is 39.1 Å². The minimum absolute atomic E-state index is 0.0322. The average molecular weight is 477 g/mol. The topological polar surface area (TPSA) is 74.8 Å². The van der Waals surface area contributed by atoms with Crippen molar-refractivity contribution in [2.24, 2.45) is 0 Å². The Kier molecular flexibility index (Phi) is 6.32. The van der Waals surface area contributed by atoms with Gasteiger partial charge in [0.2, 0.25) is 11.8 Å². The molecule has 1 atom stereocenters. The summed E-state index contributed by atoms with van der Waals surface area (Å²) < 4.78 is 23.6. The molecule has 6 nitrogen and oxygen atoms in total. The Morgan fingerprint density at radius 2 is 1.59 bits per heavy atom. The van der Waals surface area contributed by atoms with Gasteiger partial charge in [-0.15, -0.1) is 0 Å². The first kappa shape index (κ1) is 23.7. The van der Waals surface area contributed by atoms with Gasteiger partial charge in [0.15, 0.2) is 9.84 Å². The van der Waals surface area contributed by atoms with Gasteiger partial charge in [-0.2, -0.15) is 0 Å². The highest BCUT2D eigenvalue weighted by Gasteiger charge is 2.33. The summed E-state index contributed by atoms with van der Waals surface area (Å²) in [6.45, 7) is 5.86. The second kappa shape index (κ2) is 9.06.